The number of carbonyl (C=O) groups excluding carboxylic acids is 1. The predicted molar refractivity (Wildman–Crippen MR) is 74.7 cm³/mol. The molecule has 2 aliphatic rings. The zero-order valence-electron chi connectivity index (χ0n) is 12.6. The van der Waals surface area contributed by atoms with Gasteiger partial charge >= 0.3 is 6.36 Å². The number of Topliss-reactive ketones (excluding diaryl/α,β-unsaturated/α-hetero) is 1. The number of benzene rings is 1. The Morgan fingerprint density at radius 2 is 1.83 bits per heavy atom. The van der Waals surface area contributed by atoms with Gasteiger partial charge in [0.05, 0.1) is 0 Å². The van der Waals surface area contributed by atoms with Crippen molar-refractivity contribution in [1.29, 1.82) is 0 Å². The number of hydrogen-bond acceptors (Lipinski definition) is 3. The molecule has 2 heterocycles. The topological polar surface area (TPSA) is 29.5 Å². The first-order chi connectivity index (χ1) is 10.7. The van der Waals surface area contributed by atoms with Gasteiger partial charge in [0.2, 0.25) is 0 Å². The van der Waals surface area contributed by atoms with E-state index in [0.717, 1.165) is 25.0 Å². The van der Waals surface area contributed by atoms with E-state index in [9.17, 15) is 22.4 Å². The van der Waals surface area contributed by atoms with E-state index in [4.69, 9.17) is 0 Å². The third-order valence-electron chi connectivity index (χ3n) is 4.91. The van der Waals surface area contributed by atoms with Gasteiger partial charge in [-0.15, -0.1) is 13.2 Å². The summed E-state index contributed by atoms with van der Waals surface area (Å²) in [6, 6.07) is 3.62. The second kappa shape index (κ2) is 5.78. The molecule has 2 fully saturated rings. The summed E-state index contributed by atoms with van der Waals surface area (Å²) >= 11 is 0. The van der Waals surface area contributed by atoms with Crippen molar-refractivity contribution < 1.29 is 27.1 Å². The number of rotatable bonds is 3. The van der Waals surface area contributed by atoms with Gasteiger partial charge in [0, 0.05) is 23.6 Å². The quantitative estimate of drug-likeness (QED) is 0.624. The van der Waals surface area contributed by atoms with Crippen molar-refractivity contribution in [2.45, 2.75) is 44.1 Å². The Hall–Kier alpha value is -1.63. The number of ketones is 1. The molecular formula is C16H17F4NO2. The summed E-state index contributed by atoms with van der Waals surface area (Å²) in [5.74, 6) is -2.49. The molecule has 0 spiro atoms. The van der Waals surface area contributed by atoms with Gasteiger partial charge in [-0.25, -0.2) is 4.39 Å². The zero-order chi connectivity index (χ0) is 16.8. The Balaban J connectivity index is 1.74. The summed E-state index contributed by atoms with van der Waals surface area (Å²) in [6.45, 7) is 0. The molecular weight excluding hydrogens is 314 g/mol. The summed E-state index contributed by atoms with van der Waals surface area (Å²) < 4.78 is 53.7. The largest absolute Gasteiger partial charge is 0.573 e. The number of ether oxygens (including phenoxy) is 1. The van der Waals surface area contributed by atoms with Crippen molar-refractivity contribution in [3.8, 4) is 5.75 Å². The van der Waals surface area contributed by atoms with Crippen molar-refractivity contribution in [1.82, 2.24) is 4.90 Å². The zero-order valence-corrected chi connectivity index (χ0v) is 12.6. The fourth-order valence-corrected chi connectivity index (χ4v) is 3.72. The summed E-state index contributed by atoms with van der Waals surface area (Å²) in [6.07, 6.45) is -1.42. The highest BCUT2D eigenvalue weighted by Crippen LogP contribution is 2.39. The maximum Gasteiger partial charge on any atom is 0.573 e. The minimum absolute atomic E-state index is 0.103. The summed E-state index contributed by atoms with van der Waals surface area (Å²) in [4.78, 5) is 14.8. The lowest BCUT2D eigenvalue weighted by Crippen LogP contribution is -2.42. The van der Waals surface area contributed by atoms with E-state index in [-0.39, 0.29) is 17.3 Å². The summed E-state index contributed by atoms with van der Waals surface area (Å²) in [7, 11) is 2.05. The monoisotopic (exact) mass is 331 g/mol. The lowest BCUT2D eigenvalue weighted by molar-refractivity contribution is -0.275. The van der Waals surface area contributed by atoms with Crippen molar-refractivity contribution in [2.24, 2.45) is 5.92 Å². The minimum atomic E-state index is -4.96. The molecule has 2 saturated heterocycles. The lowest BCUT2D eigenvalue weighted by atomic mass is 9.85. The molecule has 0 radical (unpaired) electrons. The van der Waals surface area contributed by atoms with Crippen molar-refractivity contribution in [2.75, 3.05) is 7.05 Å². The fraction of sp³-hybridized carbons (Fsp3) is 0.562. The highest BCUT2D eigenvalue weighted by Gasteiger charge is 2.41. The van der Waals surface area contributed by atoms with Crippen molar-refractivity contribution in [3.05, 3.63) is 29.6 Å². The molecule has 1 aromatic carbocycles. The van der Waals surface area contributed by atoms with E-state index < -0.39 is 17.9 Å². The molecule has 0 aromatic heterocycles. The Morgan fingerprint density at radius 3 is 2.35 bits per heavy atom. The Labute approximate surface area is 131 Å². The molecule has 3 rings (SSSR count). The number of fused-ring (bicyclic) bond motifs is 2. The van der Waals surface area contributed by atoms with Gasteiger partial charge in [-0.1, -0.05) is 0 Å². The number of halogens is 4. The van der Waals surface area contributed by atoms with E-state index in [2.05, 4.69) is 9.64 Å². The lowest BCUT2D eigenvalue weighted by Gasteiger charge is -2.35. The fourth-order valence-electron chi connectivity index (χ4n) is 3.72. The second-order valence-corrected chi connectivity index (χ2v) is 6.28. The maximum absolute atomic E-state index is 13.8. The number of piperidine rings is 1. The molecule has 2 unspecified atom stereocenters. The molecule has 2 bridgehead atoms. The molecule has 0 saturated carbocycles. The average molecular weight is 331 g/mol. The first kappa shape index (κ1) is 16.2. The minimum Gasteiger partial charge on any atom is -0.403 e. The van der Waals surface area contributed by atoms with E-state index in [1.807, 2.05) is 7.05 Å². The van der Waals surface area contributed by atoms with Gasteiger partial charge in [-0.2, -0.15) is 0 Å². The molecule has 2 aliphatic heterocycles. The molecule has 2 atom stereocenters. The summed E-state index contributed by atoms with van der Waals surface area (Å²) in [5, 5.41) is 0. The van der Waals surface area contributed by atoms with Crippen LogP contribution in [-0.2, 0) is 0 Å². The number of hydrogen-bond donors (Lipinski definition) is 0. The molecule has 23 heavy (non-hydrogen) atoms. The highest BCUT2D eigenvalue weighted by atomic mass is 19.4. The molecule has 126 valence electrons. The molecule has 3 nitrogen and oxygen atoms in total. The van der Waals surface area contributed by atoms with Crippen LogP contribution in [0.2, 0.25) is 0 Å². The van der Waals surface area contributed by atoms with Crippen LogP contribution in [0.3, 0.4) is 0 Å². The number of carbonyl (C=O) groups is 1. The van der Waals surface area contributed by atoms with E-state index in [0.29, 0.717) is 24.9 Å². The SMILES string of the molecule is CN1C2CCC1CC(C(=O)c1ccc(OC(F)(F)F)c(F)c1)C2. The van der Waals surface area contributed by atoms with E-state index in [1.54, 1.807) is 0 Å². The summed E-state index contributed by atoms with van der Waals surface area (Å²) in [5.41, 5.74) is 0.103. The molecule has 0 N–H and O–H groups in total. The normalized spacial score (nSPS) is 28.0. The van der Waals surface area contributed by atoms with Crippen molar-refractivity contribution >= 4 is 5.78 Å². The second-order valence-electron chi connectivity index (χ2n) is 6.28. The standard InChI is InChI=1S/C16H17F4NO2/c1-21-11-3-4-12(21)7-10(6-11)15(22)9-2-5-14(13(17)8-9)23-16(18,19)20/h2,5,8,10-12H,3-4,6-7H2,1H3. The number of alkyl halides is 3. The molecule has 0 amide bonds. The first-order valence-electron chi connectivity index (χ1n) is 7.56. The van der Waals surface area contributed by atoms with Gasteiger partial charge in [0.15, 0.2) is 17.3 Å². The van der Waals surface area contributed by atoms with E-state index in [1.165, 1.54) is 6.07 Å². The average Bonchev–Trinajstić information content (AvgIpc) is 2.70. The third-order valence-corrected chi connectivity index (χ3v) is 4.91. The Morgan fingerprint density at radius 1 is 1.22 bits per heavy atom. The van der Waals surface area contributed by atoms with Crippen LogP contribution in [0.4, 0.5) is 17.6 Å². The molecule has 7 heteroatoms. The van der Waals surface area contributed by atoms with Crippen LogP contribution >= 0.6 is 0 Å². The van der Waals surface area contributed by atoms with Crippen LogP contribution in [0.5, 0.6) is 5.75 Å². The molecule has 0 aliphatic carbocycles. The van der Waals surface area contributed by atoms with Crippen LogP contribution in [0.1, 0.15) is 36.0 Å². The van der Waals surface area contributed by atoms with Gasteiger partial charge in [0.1, 0.15) is 0 Å². The van der Waals surface area contributed by atoms with Crippen LogP contribution in [0.25, 0.3) is 0 Å². The van der Waals surface area contributed by atoms with Crippen molar-refractivity contribution in [3.63, 3.8) is 0 Å². The predicted octanol–water partition coefficient (Wildman–Crippen LogP) is 3.78. The van der Waals surface area contributed by atoms with Gasteiger partial charge < -0.3 is 9.64 Å². The van der Waals surface area contributed by atoms with Crippen LogP contribution < -0.4 is 4.74 Å². The smallest absolute Gasteiger partial charge is 0.403 e. The third kappa shape index (κ3) is 3.34. The maximum atomic E-state index is 13.8. The van der Waals surface area contributed by atoms with Crippen LogP contribution in [0.15, 0.2) is 18.2 Å². The van der Waals surface area contributed by atoms with E-state index >= 15 is 0 Å². The first-order valence-corrected chi connectivity index (χ1v) is 7.56. The molecule has 1 aromatic rings. The highest BCUT2D eigenvalue weighted by molar-refractivity contribution is 5.98. The van der Waals surface area contributed by atoms with Gasteiger partial charge in [0.25, 0.3) is 0 Å². The van der Waals surface area contributed by atoms with Crippen LogP contribution in [-0.4, -0.2) is 36.2 Å². The number of nitrogens with zero attached hydrogens (tertiary/aromatic N) is 1. The Bertz CT molecular complexity index is 603. The Kier molecular flexibility index (Phi) is 4.08. The van der Waals surface area contributed by atoms with Gasteiger partial charge in [-0.05, 0) is 50.9 Å². The van der Waals surface area contributed by atoms with Crippen LogP contribution in [0, 0.1) is 11.7 Å². The van der Waals surface area contributed by atoms with Gasteiger partial charge in [-0.3, -0.25) is 4.79 Å².